The van der Waals surface area contributed by atoms with Gasteiger partial charge >= 0.3 is 0 Å². The summed E-state index contributed by atoms with van der Waals surface area (Å²) in [6.45, 7) is 3.16. The monoisotopic (exact) mass is 246 g/mol. The van der Waals surface area contributed by atoms with Crippen LogP contribution < -0.4 is 4.74 Å². The summed E-state index contributed by atoms with van der Waals surface area (Å²) in [5.41, 5.74) is 0.612. The van der Waals surface area contributed by atoms with E-state index in [0.717, 1.165) is 38.2 Å². The minimum absolute atomic E-state index is 0.194. The molecule has 18 heavy (non-hydrogen) atoms. The first-order valence-electron chi connectivity index (χ1n) is 6.31. The second-order valence-electron chi connectivity index (χ2n) is 4.58. The highest BCUT2D eigenvalue weighted by Gasteiger charge is 2.16. The van der Waals surface area contributed by atoms with Crippen molar-refractivity contribution in [3.63, 3.8) is 0 Å². The van der Waals surface area contributed by atoms with Crippen LogP contribution in [0.1, 0.15) is 18.4 Å². The van der Waals surface area contributed by atoms with Gasteiger partial charge in [-0.3, -0.25) is 4.90 Å². The van der Waals surface area contributed by atoms with Gasteiger partial charge in [0.2, 0.25) is 0 Å². The van der Waals surface area contributed by atoms with E-state index in [9.17, 15) is 5.11 Å². The Morgan fingerprint density at radius 3 is 3.17 bits per heavy atom. The van der Waals surface area contributed by atoms with Crippen LogP contribution in [-0.2, 0) is 0 Å². The number of aliphatic hydroxyl groups is 1. The van der Waals surface area contributed by atoms with Crippen molar-refractivity contribution in [2.24, 2.45) is 0 Å². The molecular weight excluding hydrogens is 228 g/mol. The summed E-state index contributed by atoms with van der Waals surface area (Å²) in [6, 6.07) is 9.26. The first-order chi connectivity index (χ1) is 8.78. The molecule has 1 N–H and O–H groups in total. The van der Waals surface area contributed by atoms with E-state index in [2.05, 4.69) is 11.0 Å². The quantitative estimate of drug-likeness (QED) is 0.872. The lowest BCUT2D eigenvalue weighted by Crippen LogP contribution is -2.40. The van der Waals surface area contributed by atoms with Gasteiger partial charge in [0.15, 0.2) is 0 Å². The number of hydrogen-bond acceptors (Lipinski definition) is 4. The maximum atomic E-state index is 9.55. The van der Waals surface area contributed by atoms with Crippen LogP contribution in [0, 0.1) is 11.3 Å². The van der Waals surface area contributed by atoms with Gasteiger partial charge in [0.1, 0.15) is 12.4 Å². The first kappa shape index (κ1) is 12.9. The minimum atomic E-state index is -0.194. The van der Waals surface area contributed by atoms with E-state index >= 15 is 0 Å². The molecule has 0 saturated carbocycles. The van der Waals surface area contributed by atoms with Crippen LogP contribution >= 0.6 is 0 Å². The van der Waals surface area contributed by atoms with Gasteiger partial charge < -0.3 is 9.84 Å². The van der Waals surface area contributed by atoms with E-state index in [1.54, 1.807) is 12.1 Å². The average Bonchev–Trinajstić information content (AvgIpc) is 2.39. The molecule has 1 saturated heterocycles. The third kappa shape index (κ3) is 3.73. The third-order valence-electron chi connectivity index (χ3n) is 3.12. The molecule has 1 heterocycles. The molecule has 1 fully saturated rings. The molecule has 0 spiro atoms. The van der Waals surface area contributed by atoms with Crippen molar-refractivity contribution in [2.75, 3.05) is 26.2 Å². The number of benzene rings is 1. The Balaban J connectivity index is 1.76. The molecule has 1 atom stereocenters. The van der Waals surface area contributed by atoms with Gasteiger partial charge in [0.05, 0.1) is 17.7 Å². The summed E-state index contributed by atoms with van der Waals surface area (Å²) in [6.07, 6.45) is 1.76. The number of ether oxygens (including phenoxy) is 1. The lowest BCUT2D eigenvalue weighted by Gasteiger charge is -2.29. The topological polar surface area (TPSA) is 56.5 Å². The number of aliphatic hydroxyl groups excluding tert-OH is 1. The molecule has 96 valence electrons. The number of nitrogens with zero attached hydrogens (tertiary/aromatic N) is 2. The number of rotatable bonds is 4. The molecule has 0 aromatic heterocycles. The third-order valence-corrected chi connectivity index (χ3v) is 3.12. The zero-order valence-corrected chi connectivity index (χ0v) is 10.4. The van der Waals surface area contributed by atoms with E-state index in [0.29, 0.717) is 12.2 Å². The normalized spacial score (nSPS) is 20.3. The van der Waals surface area contributed by atoms with Crippen LogP contribution in [0.25, 0.3) is 0 Å². The maximum Gasteiger partial charge on any atom is 0.120 e. The summed E-state index contributed by atoms with van der Waals surface area (Å²) in [5, 5.41) is 18.3. The molecule has 0 radical (unpaired) electrons. The molecule has 2 rings (SSSR count). The molecule has 0 bridgehead atoms. The van der Waals surface area contributed by atoms with Gasteiger partial charge in [-0.1, -0.05) is 6.07 Å². The smallest absolute Gasteiger partial charge is 0.120 e. The van der Waals surface area contributed by atoms with E-state index in [-0.39, 0.29) is 6.10 Å². The summed E-state index contributed by atoms with van der Waals surface area (Å²) in [5.74, 6) is 0.728. The van der Waals surface area contributed by atoms with Crippen molar-refractivity contribution in [1.82, 2.24) is 4.90 Å². The highest BCUT2D eigenvalue weighted by atomic mass is 16.5. The Hall–Kier alpha value is -1.57. The van der Waals surface area contributed by atoms with Crippen molar-refractivity contribution in [2.45, 2.75) is 18.9 Å². The van der Waals surface area contributed by atoms with Crippen LogP contribution in [0.5, 0.6) is 5.75 Å². The minimum Gasteiger partial charge on any atom is -0.492 e. The molecule has 1 aromatic rings. The largest absolute Gasteiger partial charge is 0.492 e. The van der Waals surface area contributed by atoms with Crippen molar-refractivity contribution < 1.29 is 9.84 Å². The van der Waals surface area contributed by atoms with E-state index in [1.165, 1.54) is 0 Å². The van der Waals surface area contributed by atoms with Crippen molar-refractivity contribution in [1.29, 1.82) is 5.26 Å². The van der Waals surface area contributed by atoms with Gasteiger partial charge in [-0.15, -0.1) is 0 Å². The summed E-state index contributed by atoms with van der Waals surface area (Å²) >= 11 is 0. The standard InChI is InChI=1S/C14H18N2O2/c15-10-12-3-1-5-14(9-12)18-8-7-16-6-2-4-13(17)11-16/h1,3,5,9,13,17H,2,4,6-8,11H2/t13-/m1/s1. The second-order valence-corrected chi connectivity index (χ2v) is 4.58. The lowest BCUT2D eigenvalue weighted by molar-refractivity contribution is 0.0633. The highest BCUT2D eigenvalue weighted by molar-refractivity contribution is 5.36. The number of β-amino-alcohol motifs (C(OH)–C–C–N with tert-alkyl or cyclic N) is 1. The lowest BCUT2D eigenvalue weighted by atomic mass is 10.1. The predicted octanol–water partition coefficient (Wildman–Crippen LogP) is 1.39. The molecule has 0 amide bonds. The van der Waals surface area contributed by atoms with Gasteiger partial charge in [-0.05, 0) is 37.6 Å². The van der Waals surface area contributed by atoms with Gasteiger partial charge in [-0.2, -0.15) is 5.26 Å². The van der Waals surface area contributed by atoms with Crippen LogP contribution in [-0.4, -0.2) is 42.4 Å². The van der Waals surface area contributed by atoms with Crippen LogP contribution in [0.15, 0.2) is 24.3 Å². The van der Waals surface area contributed by atoms with Crippen LogP contribution in [0.4, 0.5) is 0 Å². The van der Waals surface area contributed by atoms with Crippen molar-refractivity contribution in [3.05, 3.63) is 29.8 Å². The fraction of sp³-hybridized carbons (Fsp3) is 0.500. The molecule has 1 aromatic carbocycles. The van der Waals surface area contributed by atoms with Crippen LogP contribution in [0.3, 0.4) is 0 Å². The first-order valence-corrected chi connectivity index (χ1v) is 6.31. The Labute approximate surface area is 107 Å². The van der Waals surface area contributed by atoms with Crippen molar-refractivity contribution >= 4 is 0 Å². The number of hydrogen-bond donors (Lipinski definition) is 1. The fourth-order valence-electron chi connectivity index (χ4n) is 2.18. The Bertz CT molecular complexity index is 428. The van der Waals surface area contributed by atoms with Gasteiger partial charge in [0, 0.05) is 13.1 Å². The number of nitriles is 1. The maximum absolute atomic E-state index is 9.55. The SMILES string of the molecule is N#Cc1cccc(OCCN2CCC[C@@H](O)C2)c1. The van der Waals surface area contributed by atoms with Crippen LogP contribution in [0.2, 0.25) is 0 Å². The Kier molecular flexibility index (Phi) is 4.57. The fourth-order valence-corrected chi connectivity index (χ4v) is 2.18. The summed E-state index contributed by atoms with van der Waals surface area (Å²) in [7, 11) is 0. The number of likely N-dealkylation sites (tertiary alicyclic amines) is 1. The molecule has 0 aliphatic carbocycles. The summed E-state index contributed by atoms with van der Waals surface area (Å²) in [4.78, 5) is 2.21. The van der Waals surface area contributed by atoms with E-state index < -0.39 is 0 Å². The molecule has 1 aliphatic rings. The molecule has 0 unspecified atom stereocenters. The predicted molar refractivity (Wildman–Crippen MR) is 68.3 cm³/mol. The van der Waals surface area contributed by atoms with Gasteiger partial charge in [-0.25, -0.2) is 0 Å². The van der Waals surface area contributed by atoms with Gasteiger partial charge in [0.25, 0.3) is 0 Å². The van der Waals surface area contributed by atoms with E-state index in [4.69, 9.17) is 10.00 Å². The highest BCUT2D eigenvalue weighted by Crippen LogP contribution is 2.13. The molecule has 4 nitrogen and oxygen atoms in total. The van der Waals surface area contributed by atoms with Crippen molar-refractivity contribution in [3.8, 4) is 11.8 Å². The second kappa shape index (κ2) is 6.39. The molecule has 1 aliphatic heterocycles. The molecule has 4 heteroatoms. The Morgan fingerprint density at radius 1 is 1.50 bits per heavy atom. The zero-order valence-electron chi connectivity index (χ0n) is 10.4. The molecular formula is C14H18N2O2. The Morgan fingerprint density at radius 2 is 2.39 bits per heavy atom. The number of piperidine rings is 1. The average molecular weight is 246 g/mol. The summed E-state index contributed by atoms with van der Waals surface area (Å²) < 4.78 is 5.61. The zero-order chi connectivity index (χ0) is 12.8. The van der Waals surface area contributed by atoms with E-state index in [1.807, 2.05) is 12.1 Å².